The molecule has 0 unspecified atom stereocenters. The van der Waals surface area contributed by atoms with Gasteiger partial charge in [0.25, 0.3) is 0 Å². The van der Waals surface area contributed by atoms with Crippen LogP contribution in [0.25, 0.3) is 0 Å². The molecule has 19 heavy (non-hydrogen) atoms. The normalized spacial score (nSPS) is 12.9. The Bertz CT molecular complexity index is 193. The molecular formula is C16H35NO2. The lowest BCUT2D eigenvalue weighted by Gasteiger charge is -2.21. The molecule has 0 aliphatic carbocycles. The van der Waals surface area contributed by atoms with Gasteiger partial charge >= 0.3 is 0 Å². The molecule has 3 N–H and O–H groups in total. The van der Waals surface area contributed by atoms with E-state index >= 15 is 0 Å². The molecular weight excluding hydrogens is 238 g/mol. The number of aliphatic hydroxyl groups excluding tert-OH is 2. The van der Waals surface area contributed by atoms with Crippen molar-refractivity contribution in [3.63, 3.8) is 0 Å². The van der Waals surface area contributed by atoms with Gasteiger partial charge in [0, 0.05) is 13.2 Å². The van der Waals surface area contributed by atoms with Gasteiger partial charge in [-0.2, -0.15) is 0 Å². The van der Waals surface area contributed by atoms with Crippen LogP contribution in [0.5, 0.6) is 0 Å². The third kappa shape index (κ3) is 11.4. The Morgan fingerprint density at radius 1 is 0.684 bits per heavy atom. The van der Waals surface area contributed by atoms with E-state index in [2.05, 4.69) is 33.0 Å². The van der Waals surface area contributed by atoms with Gasteiger partial charge in [-0.25, -0.2) is 0 Å². The topological polar surface area (TPSA) is 52.5 Å². The molecule has 3 nitrogen and oxygen atoms in total. The predicted molar refractivity (Wildman–Crippen MR) is 82.3 cm³/mol. The van der Waals surface area contributed by atoms with E-state index in [1.165, 1.54) is 25.7 Å². The van der Waals surface area contributed by atoms with E-state index in [1.807, 2.05) is 0 Å². The van der Waals surface area contributed by atoms with Crippen LogP contribution >= 0.6 is 0 Å². The molecule has 0 aromatic rings. The molecule has 0 aliphatic heterocycles. The first-order chi connectivity index (χ1) is 8.83. The number of hydrogen-bond acceptors (Lipinski definition) is 3. The quantitative estimate of drug-likeness (QED) is 0.479. The number of nitrogens with one attached hydrogen (secondary N) is 1. The predicted octanol–water partition coefficient (Wildman–Crippen LogP) is 2.95. The Morgan fingerprint density at radius 2 is 1.05 bits per heavy atom. The molecule has 0 bridgehead atoms. The molecule has 0 amide bonds. The Labute approximate surface area is 119 Å². The molecule has 0 heterocycles. The Morgan fingerprint density at radius 3 is 1.37 bits per heavy atom. The van der Waals surface area contributed by atoms with Crippen LogP contribution in [0.1, 0.15) is 66.2 Å². The lowest BCUT2D eigenvalue weighted by Crippen LogP contribution is -2.20. The molecule has 0 fully saturated rings. The minimum atomic E-state index is 0.0792. The van der Waals surface area contributed by atoms with E-state index in [0.717, 1.165) is 25.9 Å². The van der Waals surface area contributed by atoms with Crippen molar-refractivity contribution < 1.29 is 10.2 Å². The maximum atomic E-state index is 9.15. The van der Waals surface area contributed by atoms with Gasteiger partial charge in [0.15, 0.2) is 0 Å². The Balaban J connectivity index is 3.29. The molecule has 0 rings (SSSR count). The van der Waals surface area contributed by atoms with Crippen molar-refractivity contribution in [1.82, 2.24) is 5.32 Å². The van der Waals surface area contributed by atoms with E-state index < -0.39 is 0 Å². The summed E-state index contributed by atoms with van der Waals surface area (Å²) in [6, 6.07) is 0. The molecule has 0 spiro atoms. The minimum Gasteiger partial charge on any atom is -0.396 e. The Kier molecular flexibility index (Phi) is 9.67. The minimum absolute atomic E-state index is 0.0792. The molecule has 0 radical (unpaired) electrons. The van der Waals surface area contributed by atoms with E-state index in [1.54, 1.807) is 0 Å². The van der Waals surface area contributed by atoms with Gasteiger partial charge in [-0.3, -0.25) is 0 Å². The number of aliphatic hydroxyl groups is 2. The highest BCUT2D eigenvalue weighted by atomic mass is 16.3. The van der Waals surface area contributed by atoms with Crippen molar-refractivity contribution in [1.29, 1.82) is 0 Å². The van der Waals surface area contributed by atoms with Crippen LogP contribution in [0.3, 0.4) is 0 Å². The summed E-state index contributed by atoms with van der Waals surface area (Å²) in [6.07, 6.45) is 6.92. The second kappa shape index (κ2) is 9.73. The molecule has 0 aromatic heterocycles. The summed E-state index contributed by atoms with van der Waals surface area (Å²) in [7, 11) is 0. The smallest absolute Gasteiger partial charge is 0.0482 e. The first-order valence-electron chi connectivity index (χ1n) is 7.75. The third-order valence-electron chi connectivity index (χ3n) is 3.77. The first-order valence-corrected chi connectivity index (χ1v) is 7.75. The van der Waals surface area contributed by atoms with Crippen LogP contribution in [0, 0.1) is 10.8 Å². The summed E-state index contributed by atoms with van der Waals surface area (Å²) in [5, 5.41) is 21.8. The average Bonchev–Trinajstić information content (AvgIpc) is 2.36. The number of rotatable bonds is 12. The summed E-state index contributed by atoms with van der Waals surface area (Å²) in [5.41, 5.74) is 0.158. The lowest BCUT2D eigenvalue weighted by molar-refractivity contribution is 0.146. The van der Waals surface area contributed by atoms with Gasteiger partial charge in [0.05, 0.1) is 0 Å². The van der Waals surface area contributed by atoms with Gasteiger partial charge in [-0.15, -0.1) is 0 Å². The number of unbranched alkanes of at least 4 members (excludes halogenated alkanes) is 2. The summed E-state index contributed by atoms with van der Waals surface area (Å²) in [4.78, 5) is 0. The fourth-order valence-corrected chi connectivity index (χ4v) is 1.99. The molecule has 3 heteroatoms. The van der Waals surface area contributed by atoms with Crippen LogP contribution in [0.4, 0.5) is 0 Å². The zero-order valence-corrected chi connectivity index (χ0v) is 13.5. The molecule has 0 aromatic carbocycles. The van der Waals surface area contributed by atoms with Crippen molar-refractivity contribution >= 4 is 0 Å². The maximum Gasteiger partial charge on any atom is 0.0482 e. The van der Waals surface area contributed by atoms with Crippen LogP contribution in [0.2, 0.25) is 0 Å². The highest BCUT2D eigenvalue weighted by molar-refractivity contribution is 4.68. The second-order valence-corrected chi connectivity index (χ2v) is 7.31. The SMILES string of the molecule is CC(C)(CO)CCCCNCCCCC(C)(C)CO. The van der Waals surface area contributed by atoms with Crippen LogP contribution in [0.15, 0.2) is 0 Å². The monoisotopic (exact) mass is 273 g/mol. The highest BCUT2D eigenvalue weighted by Crippen LogP contribution is 2.22. The molecule has 0 saturated carbocycles. The van der Waals surface area contributed by atoms with Crippen molar-refractivity contribution in [2.45, 2.75) is 66.2 Å². The van der Waals surface area contributed by atoms with Gasteiger partial charge in [-0.05, 0) is 49.6 Å². The Hall–Kier alpha value is -0.120. The standard InChI is InChI=1S/C16H35NO2/c1-15(2,13-18)9-5-7-11-17-12-8-6-10-16(3,4)14-19/h17-19H,5-14H2,1-4H3. The third-order valence-corrected chi connectivity index (χ3v) is 3.77. The zero-order chi connectivity index (χ0) is 14.8. The fraction of sp³-hybridized carbons (Fsp3) is 1.00. The van der Waals surface area contributed by atoms with Crippen molar-refractivity contribution in [3.05, 3.63) is 0 Å². The van der Waals surface area contributed by atoms with Crippen LogP contribution < -0.4 is 5.32 Å². The first kappa shape index (κ1) is 18.9. The molecule has 0 saturated heterocycles. The zero-order valence-electron chi connectivity index (χ0n) is 13.5. The second-order valence-electron chi connectivity index (χ2n) is 7.31. The van der Waals surface area contributed by atoms with Gasteiger partial charge < -0.3 is 15.5 Å². The number of hydrogen-bond donors (Lipinski definition) is 3. The molecule has 0 atom stereocenters. The summed E-state index contributed by atoms with van der Waals surface area (Å²) >= 11 is 0. The largest absolute Gasteiger partial charge is 0.396 e. The fourth-order valence-electron chi connectivity index (χ4n) is 1.99. The summed E-state index contributed by atoms with van der Waals surface area (Å²) in [6.45, 7) is 11.2. The van der Waals surface area contributed by atoms with E-state index in [-0.39, 0.29) is 24.0 Å². The van der Waals surface area contributed by atoms with Gasteiger partial charge in [0.2, 0.25) is 0 Å². The van der Waals surface area contributed by atoms with Crippen molar-refractivity contribution in [2.75, 3.05) is 26.3 Å². The van der Waals surface area contributed by atoms with Crippen LogP contribution in [-0.2, 0) is 0 Å². The summed E-state index contributed by atoms with van der Waals surface area (Å²) < 4.78 is 0. The molecule has 116 valence electrons. The van der Waals surface area contributed by atoms with E-state index in [0.29, 0.717) is 0 Å². The van der Waals surface area contributed by atoms with Crippen molar-refractivity contribution in [3.8, 4) is 0 Å². The maximum absolute atomic E-state index is 9.15. The summed E-state index contributed by atoms with van der Waals surface area (Å²) in [5.74, 6) is 0. The van der Waals surface area contributed by atoms with E-state index in [4.69, 9.17) is 10.2 Å². The highest BCUT2D eigenvalue weighted by Gasteiger charge is 2.15. The van der Waals surface area contributed by atoms with Crippen molar-refractivity contribution in [2.24, 2.45) is 10.8 Å². The average molecular weight is 273 g/mol. The molecule has 0 aliphatic rings. The van der Waals surface area contributed by atoms with Gasteiger partial charge in [-0.1, -0.05) is 40.5 Å². The lowest BCUT2D eigenvalue weighted by atomic mass is 9.88. The van der Waals surface area contributed by atoms with Gasteiger partial charge in [0.1, 0.15) is 0 Å². The van der Waals surface area contributed by atoms with Crippen LogP contribution in [-0.4, -0.2) is 36.5 Å². The van der Waals surface area contributed by atoms with E-state index in [9.17, 15) is 0 Å².